The van der Waals surface area contributed by atoms with Crippen molar-refractivity contribution < 1.29 is 28.5 Å². The number of carbonyl (C=O) groups is 2. The highest BCUT2D eigenvalue weighted by Gasteiger charge is 2.20. The van der Waals surface area contributed by atoms with E-state index in [0.717, 1.165) is 4.68 Å². The average Bonchev–Trinajstić information content (AvgIpc) is 2.96. The summed E-state index contributed by atoms with van der Waals surface area (Å²) < 4.78 is 22.1. The lowest BCUT2D eigenvalue weighted by molar-refractivity contribution is -0.115. The molecule has 0 aliphatic carbocycles. The summed E-state index contributed by atoms with van der Waals surface area (Å²) in [7, 11) is 5.86. The number of hydrogen-bond acceptors (Lipinski definition) is 8. The van der Waals surface area contributed by atoms with Crippen LogP contribution in [-0.2, 0) is 4.79 Å². The molecular weight excluding hydrogens is 528 g/mol. The minimum Gasteiger partial charge on any atom is -0.495 e. The molecule has 0 spiro atoms. The lowest BCUT2D eigenvalue weighted by atomic mass is 10.1. The van der Waals surface area contributed by atoms with Gasteiger partial charge in [0.2, 0.25) is 5.91 Å². The Morgan fingerprint density at radius 2 is 1.51 bits per heavy atom. The SMILES string of the molecule is COc1cc(OC)c(NC(=O)CNC(=O)c2nn(-c3ccc(OC)c(OC)c3)c(=O)c3ccccc23)cc1Cl. The van der Waals surface area contributed by atoms with Gasteiger partial charge in [0.15, 0.2) is 17.2 Å². The Labute approximate surface area is 228 Å². The van der Waals surface area contributed by atoms with Gasteiger partial charge in [0.1, 0.15) is 11.5 Å². The first-order valence-electron chi connectivity index (χ1n) is 11.5. The molecule has 2 N–H and O–H groups in total. The number of nitrogens with one attached hydrogen (secondary N) is 2. The number of halogens is 1. The Morgan fingerprint density at radius 3 is 2.18 bits per heavy atom. The van der Waals surface area contributed by atoms with E-state index < -0.39 is 23.9 Å². The maximum Gasteiger partial charge on any atom is 0.279 e. The second-order valence-electron chi connectivity index (χ2n) is 8.07. The van der Waals surface area contributed by atoms with Crippen molar-refractivity contribution >= 4 is 39.9 Å². The zero-order valence-corrected chi connectivity index (χ0v) is 22.3. The number of rotatable bonds is 9. The van der Waals surface area contributed by atoms with E-state index in [1.165, 1.54) is 40.6 Å². The smallest absolute Gasteiger partial charge is 0.279 e. The monoisotopic (exact) mass is 552 g/mol. The molecule has 0 bridgehead atoms. The Kier molecular flexibility index (Phi) is 8.21. The van der Waals surface area contributed by atoms with Gasteiger partial charge in [-0.15, -0.1) is 0 Å². The third kappa shape index (κ3) is 5.58. The topological polar surface area (TPSA) is 130 Å². The van der Waals surface area contributed by atoms with E-state index in [1.807, 2.05) is 0 Å². The Hall–Kier alpha value is -4.77. The van der Waals surface area contributed by atoms with Crippen LogP contribution >= 0.6 is 11.6 Å². The molecule has 1 aromatic heterocycles. The van der Waals surface area contributed by atoms with E-state index in [0.29, 0.717) is 39.8 Å². The van der Waals surface area contributed by atoms with Crippen molar-refractivity contribution in [2.45, 2.75) is 0 Å². The lowest BCUT2D eigenvalue weighted by Gasteiger charge is -2.14. The van der Waals surface area contributed by atoms with Crippen LogP contribution in [0.15, 0.2) is 59.4 Å². The van der Waals surface area contributed by atoms with Gasteiger partial charge in [-0.2, -0.15) is 9.78 Å². The number of ether oxygens (including phenoxy) is 4. The zero-order chi connectivity index (χ0) is 28.1. The van der Waals surface area contributed by atoms with Gasteiger partial charge in [0.05, 0.1) is 56.8 Å². The third-order valence-corrected chi connectivity index (χ3v) is 6.08. The van der Waals surface area contributed by atoms with E-state index in [2.05, 4.69) is 15.7 Å². The molecule has 0 aliphatic heterocycles. The number of carbonyl (C=O) groups excluding carboxylic acids is 2. The van der Waals surface area contributed by atoms with Crippen LogP contribution in [0.25, 0.3) is 16.5 Å². The van der Waals surface area contributed by atoms with Crippen molar-refractivity contribution in [2.75, 3.05) is 40.3 Å². The molecule has 0 radical (unpaired) electrons. The molecule has 0 unspecified atom stereocenters. The standard InChI is InChI=1S/C27H25ClN4O7/c1-36-20-10-9-15(11-23(20)39-4)32-27(35)17-8-6-5-7-16(17)25(31-32)26(34)29-14-24(33)30-19-12-18(28)21(37-2)13-22(19)38-3/h5-13H,14H2,1-4H3,(H,29,34)(H,30,33). The van der Waals surface area contributed by atoms with Gasteiger partial charge in [0.25, 0.3) is 11.5 Å². The first kappa shape index (κ1) is 27.3. The highest BCUT2D eigenvalue weighted by Crippen LogP contribution is 2.35. The first-order chi connectivity index (χ1) is 18.8. The number of aromatic nitrogens is 2. The van der Waals surface area contributed by atoms with E-state index in [1.54, 1.807) is 42.5 Å². The van der Waals surface area contributed by atoms with Crippen LogP contribution < -0.4 is 35.1 Å². The van der Waals surface area contributed by atoms with Gasteiger partial charge >= 0.3 is 0 Å². The summed E-state index contributed by atoms with van der Waals surface area (Å²) in [5.41, 5.74) is 0.181. The van der Waals surface area contributed by atoms with Crippen molar-refractivity contribution in [1.82, 2.24) is 15.1 Å². The van der Waals surface area contributed by atoms with Gasteiger partial charge < -0.3 is 29.6 Å². The van der Waals surface area contributed by atoms with Crippen molar-refractivity contribution in [3.63, 3.8) is 0 Å². The number of hydrogen-bond donors (Lipinski definition) is 2. The van der Waals surface area contributed by atoms with Crippen LogP contribution in [0.4, 0.5) is 5.69 Å². The first-order valence-corrected chi connectivity index (χ1v) is 11.9. The van der Waals surface area contributed by atoms with Crippen molar-refractivity contribution in [1.29, 1.82) is 0 Å². The second-order valence-corrected chi connectivity index (χ2v) is 8.48. The molecule has 11 nitrogen and oxygen atoms in total. The summed E-state index contributed by atoms with van der Waals surface area (Å²) in [6.07, 6.45) is 0. The highest BCUT2D eigenvalue weighted by atomic mass is 35.5. The average molecular weight is 553 g/mol. The van der Waals surface area contributed by atoms with Crippen molar-refractivity contribution in [3.8, 4) is 28.7 Å². The van der Waals surface area contributed by atoms with E-state index in [9.17, 15) is 14.4 Å². The Balaban J connectivity index is 1.62. The van der Waals surface area contributed by atoms with Crippen LogP contribution in [0, 0.1) is 0 Å². The van der Waals surface area contributed by atoms with E-state index >= 15 is 0 Å². The molecule has 39 heavy (non-hydrogen) atoms. The molecule has 4 rings (SSSR count). The number of fused-ring (bicyclic) bond motifs is 1. The molecular formula is C27H25ClN4O7. The summed E-state index contributed by atoms with van der Waals surface area (Å²) in [4.78, 5) is 39.1. The Bertz CT molecular complexity index is 1620. The van der Waals surface area contributed by atoms with Gasteiger partial charge in [-0.25, -0.2) is 0 Å². The molecule has 0 fully saturated rings. The fourth-order valence-corrected chi connectivity index (χ4v) is 4.13. The van der Waals surface area contributed by atoms with E-state index in [-0.39, 0.29) is 16.1 Å². The van der Waals surface area contributed by atoms with Crippen LogP contribution in [0.2, 0.25) is 5.02 Å². The molecule has 0 aliphatic rings. The fraction of sp³-hybridized carbons (Fsp3) is 0.185. The molecule has 0 saturated carbocycles. The predicted octanol–water partition coefficient (Wildman–Crippen LogP) is 3.44. The maximum absolute atomic E-state index is 13.3. The third-order valence-electron chi connectivity index (χ3n) is 5.79. The summed E-state index contributed by atoms with van der Waals surface area (Å²) in [5.74, 6) is 0.353. The summed E-state index contributed by atoms with van der Waals surface area (Å²) in [6.45, 7) is -0.392. The summed E-state index contributed by atoms with van der Waals surface area (Å²) in [5, 5.41) is 10.4. The van der Waals surface area contributed by atoms with Crippen LogP contribution in [-0.4, -0.2) is 56.6 Å². The molecule has 1 heterocycles. The molecule has 3 aromatic carbocycles. The van der Waals surface area contributed by atoms with Gasteiger partial charge in [-0.3, -0.25) is 14.4 Å². The molecule has 0 atom stereocenters. The second kappa shape index (κ2) is 11.7. The molecule has 202 valence electrons. The van der Waals surface area contributed by atoms with E-state index in [4.69, 9.17) is 30.5 Å². The Morgan fingerprint density at radius 1 is 0.846 bits per heavy atom. The molecule has 0 saturated heterocycles. The number of amides is 2. The van der Waals surface area contributed by atoms with Gasteiger partial charge in [0, 0.05) is 17.5 Å². The molecule has 4 aromatic rings. The zero-order valence-electron chi connectivity index (χ0n) is 21.5. The van der Waals surface area contributed by atoms with Crippen molar-refractivity contribution in [2.24, 2.45) is 0 Å². The lowest BCUT2D eigenvalue weighted by Crippen LogP contribution is -2.35. The van der Waals surface area contributed by atoms with Crippen LogP contribution in [0.5, 0.6) is 23.0 Å². The predicted molar refractivity (Wildman–Crippen MR) is 146 cm³/mol. The highest BCUT2D eigenvalue weighted by molar-refractivity contribution is 6.32. The number of nitrogens with zero attached hydrogens (tertiary/aromatic N) is 2. The number of anilines is 1. The number of methoxy groups -OCH3 is 4. The molecule has 12 heteroatoms. The minimum absolute atomic E-state index is 0.0437. The number of benzene rings is 3. The normalized spacial score (nSPS) is 10.6. The maximum atomic E-state index is 13.3. The largest absolute Gasteiger partial charge is 0.495 e. The fourth-order valence-electron chi connectivity index (χ4n) is 3.89. The van der Waals surface area contributed by atoms with Crippen LogP contribution in [0.3, 0.4) is 0 Å². The van der Waals surface area contributed by atoms with Crippen molar-refractivity contribution in [3.05, 3.63) is 75.7 Å². The quantitative estimate of drug-likeness (QED) is 0.323. The summed E-state index contributed by atoms with van der Waals surface area (Å²) in [6, 6.07) is 14.4. The molecule has 2 amide bonds. The minimum atomic E-state index is -0.657. The van der Waals surface area contributed by atoms with Gasteiger partial charge in [-0.1, -0.05) is 29.8 Å². The summed E-state index contributed by atoms with van der Waals surface area (Å²) >= 11 is 6.17. The van der Waals surface area contributed by atoms with Gasteiger partial charge in [-0.05, 0) is 24.3 Å². The van der Waals surface area contributed by atoms with Crippen LogP contribution in [0.1, 0.15) is 10.5 Å².